The number of aryl methyl sites for hydroxylation is 2. The Morgan fingerprint density at radius 2 is 1.45 bits per heavy atom. The minimum absolute atomic E-state index is 0.117. The van der Waals surface area contributed by atoms with E-state index >= 15 is 0 Å². The Kier molecular flexibility index (Phi) is 7.29. The van der Waals surface area contributed by atoms with Gasteiger partial charge in [0.1, 0.15) is 0 Å². The van der Waals surface area contributed by atoms with Gasteiger partial charge in [0, 0.05) is 15.6 Å². The molecule has 0 radical (unpaired) electrons. The molecule has 0 atom stereocenters. The van der Waals surface area contributed by atoms with Crippen molar-refractivity contribution in [3.05, 3.63) is 124 Å². The Balaban J connectivity index is 1.35. The molecule has 0 N–H and O–H groups in total. The highest BCUT2D eigenvalue weighted by Crippen LogP contribution is 2.25. The Labute approximate surface area is 229 Å². The predicted molar refractivity (Wildman–Crippen MR) is 150 cm³/mol. The summed E-state index contributed by atoms with van der Waals surface area (Å²) in [5.41, 5.74) is 6.31. The molecule has 0 amide bonds. The maximum Gasteiger partial charge on any atom is 0.378 e. The van der Waals surface area contributed by atoms with Crippen LogP contribution < -0.4 is 0 Å². The van der Waals surface area contributed by atoms with Crippen LogP contribution in [0.1, 0.15) is 32.1 Å². The second-order valence-corrected chi connectivity index (χ2v) is 9.80. The van der Waals surface area contributed by atoms with E-state index in [2.05, 4.69) is 26.0 Å². The van der Waals surface area contributed by atoms with Gasteiger partial charge in [0.05, 0.1) is 5.69 Å². The van der Waals surface area contributed by atoms with E-state index in [1.165, 1.54) is 0 Å². The molecule has 5 aromatic rings. The molecule has 0 saturated heterocycles. The van der Waals surface area contributed by atoms with Crippen molar-refractivity contribution in [1.82, 2.24) is 14.8 Å². The van der Waals surface area contributed by atoms with Crippen molar-refractivity contribution in [3.8, 4) is 28.2 Å². The molecule has 0 unspecified atom stereocenters. The number of rotatable bonds is 7. The van der Waals surface area contributed by atoms with Crippen molar-refractivity contribution in [1.29, 1.82) is 0 Å². The number of benzene rings is 4. The number of aromatic nitrogens is 3. The number of halogens is 1. The average molecular weight is 566 g/mol. The molecule has 38 heavy (non-hydrogen) atoms. The van der Waals surface area contributed by atoms with Gasteiger partial charge in [-0.15, -0.1) is 5.10 Å². The number of Topliss-reactive ketones (excluding diaryl/α,β-unsaturated/α-hetero) is 1. The van der Waals surface area contributed by atoms with Crippen LogP contribution in [0.15, 0.2) is 102 Å². The molecular formula is C31H24BrN3O3. The lowest BCUT2D eigenvalue weighted by Crippen LogP contribution is -2.15. The summed E-state index contributed by atoms with van der Waals surface area (Å²) < 4.78 is 7.87. The van der Waals surface area contributed by atoms with Crippen LogP contribution in [0.2, 0.25) is 0 Å². The smallest absolute Gasteiger partial charge is 0.378 e. The summed E-state index contributed by atoms with van der Waals surface area (Å²) in [5, 5.41) is 4.45. The van der Waals surface area contributed by atoms with Crippen molar-refractivity contribution in [2.45, 2.75) is 13.8 Å². The first-order chi connectivity index (χ1) is 18.4. The second-order valence-electron chi connectivity index (χ2n) is 8.89. The SMILES string of the molecule is Cc1ccc(-n2nc(C(=O)OCC(=O)c3ccc(-c4ccccc4)cc3)nc2-c2ccc(Br)cc2)cc1C. The molecule has 0 spiro atoms. The molecule has 1 aromatic heterocycles. The molecule has 1 heterocycles. The fraction of sp³-hybridized carbons (Fsp3) is 0.0968. The number of esters is 1. The molecule has 7 heteroatoms. The number of nitrogens with zero attached hydrogens (tertiary/aromatic N) is 3. The summed E-state index contributed by atoms with van der Waals surface area (Å²) in [6, 6.07) is 30.6. The molecule has 0 saturated carbocycles. The number of hydrogen-bond donors (Lipinski definition) is 0. The minimum Gasteiger partial charge on any atom is -0.451 e. The van der Waals surface area contributed by atoms with Gasteiger partial charge in [-0.1, -0.05) is 88.7 Å². The monoisotopic (exact) mass is 565 g/mol. The molecule has 0 bridgehead atoms. The largest absolute Gasteiger partial charge is 0.451 e. The van der Waals surface area contributed by atoms with E-state index in [0.29, 0.717) is 11.4 Å². The van der Waals surface area contributed by atoms with E-state index in [0.717, 1.165) is 38.0 Å². The summed E-state index contributed by atoms with van der Waals surface area (Å²) >= 11 is 3.45. The van der Waals surface area contributed by atoms with Crippen LogP contribution in [0.5, 0.6) is 0 Å². The Morgan fingerprint density at radius 3 is 2.13 bits per heavy atom. The Bertz CT molecular complexity index is 1610. The summed E-state index contributed by atoms with van der Waals surface area (Å²) in [5.74, 6) is -0.691. The summed E-state index contributed by atoms with van der Waals surface area (Å²) in [6.07, 6.45) is 0. The summed E-state index contributed by atoms with van der Waals surface area (Å²) in [6.45, 7) is 3.64. The third kappa shape index (κ3) is 5.48. The molecule has 0 aliphatic carbocycles. The van der Waals surface area contributed by atoms with Crippen LogP contribution in [-0.4, -0.2) is 33.1 Å². The molecule has 6 nitrogen and oxygen atoms in total. The van der Waals surface area contributed by atoms with Gasteiger partial charge in [0.2, 0.25) is 0 Å². The topological polar surface area (TPSA) is 74.1 Å². The zero-order valence-electron chi connectivity index (χ0n) is 20.9. The average Bonchev–Trinajstić information content (AvgIpc) is 3.40. The quantitative estimate of drug-likeness (QED) is 0.156. The first-order valence-corrected chi connectivity index (χ1v) is 12.8. The minimum atomic E-state index is -0.764. The van der Waals surface area contributed by atoms with E-state index in [4.69, 9.17) is 4.74 Å². The Morgan fingerprint density at radius 1 is 0.789 bits per heavy atom. The number of carbonyl (C=O) groups excluding carboxylic acids is 2. The van der Waals surface area contributed by atoms with Crippen molar-refractivity contribution in [2.75, 3.05) is 6.61 Å². The second kappa shape index (κ2) is 10.9. The van der Waals surface area contributed by atoms with Gasteiger partial charge in [-0.25, -0.2) is 14.5 Å². The van der Waals surface area contributed by atoms with Crippen LogP contribution in [0.3, 0.4) is 0 Å². The first-order valence-electron chi connectivity index (χ1n) is 12.1. The van der Waals surface area contributed by atoms with Crippen LogP contribution in [-0.2, 0) is 4.74 Å². The zero-order chi connectivity index (χ0) is 26.6. The lowest BCUT2D eigenvalue weighted by molar-refractivity contribution is 0.0462. The van der Waals surface area contributed by atoms with Crippen LogP contribution in [0.25, 0.3) is 28.2 Å². The molecule has 188 valence electrons. The lowest BCUT2D eigenvalue weighted by atomic mass is 10.0. The number of hydrogen-bond acceptors (Lipinski definition) is 5. The Hall–Kier alpha value is -4.36. The van der Waals surface area contributed by atoms with Crippen molar-refractivity contribution < 1.29 is 14.3 Å². The van der Waals surface area contributed by atoms with Crippen LogP contribution in [0.4, 0.5) is 0 Å². The van der Waals surface area contributed by atoms with Crippen molar-refractivity contribution in [3.63, 3.8) is 0 Å². The third-order valence-electron chi connectivity index (χ3n) is 6.28. The lowest BCUT2D eigenvalue weighted by Gasteiger charge is -2.08. The number of ketones is 1. The molecule has 0 aliphatic heterocycles. The van der Waals surface area contributed by atoms with Crippen molar-refractivity contribution in [2.24, 2.45) is 0 Å². The highest BCUT2D eigenvalue weighted by Gasteiger charge is 2.21. The van der Waals surface area contributed by atoms with E-state index < -0.39 is 12.6 Å². The van der Waals surface area contributed by atoms with Gasteiger partial charge in [-0.3, -0.25) is 4.79 Å². The highest BCUT2D eigenvalue weighted by molar-refractivity contribution is 9.10. The van der Waals surface area contributed by atoms with Gasteiger partial charge in [0.25, 0.3) is 5.82 Å². The van der Waals surface area contributed by atoms with Crippen LogP contribution >= 0.6 is 15.9 Å². The summed E-state index contributed by atoms with van der Waals surface area (Å²) in [4.78, 5) is 30.1. The van der Waals surface area contributed by atoms with Gasteiger partial charge in [0.15, 0.2) is 18.2 Å². The number of carbonyl (C=O) groups is 2. The van der Waals surface area contributed by atoms with E-state index in [1.807, 2.05) is 98.8 Å². The van der Waals surface area contributed by atoms with Crippen LogP contribution in [0, 0.1) is 13.8 Å². The van der Waals surface area contributed by atoms with E-state index in [9.17, 15) is 9.59 Å². The standard InChI is InChI=1S/C31H24BrN3O3/c1-20-8-17-27(18-21(20)2)35-30(25-13-15-26(32)16-14-25)33-29(34-35)31(37)38-19-28(36)24-11-9-23(10-12-24)22-6-4-3-5-7-22/h3-18H,19H2,1-2H3. The van der Waals surface area contributed by atoms with E-state index in [-0.39, 0.29) is 11.6 Å². The van der Waals surface area contributed by atoms with Gasteiger partial charge in [-0.2, -0.15) is 0 Å². The number of ether oxygens (including phenoxy) is 1. The molecule has 4 aromatic carbocycles. The molecule has 0 fully saturated rings. The zero-order valence-corrected chi connectivity index (χ0v) is 22.5. The van der Waals surface area contributed by atoms with Crippen molar-refractivity contribution >= 4 is 27.7 Å². The molecule has 0 aliphatic rings. The highest BCUT2D eigenvalue weighted by atomic mass is 79.9. The maximum absolute atomic E-state index is 12.9. The van der Waals surface area contributed by atoms with Gasteiger partial charge in [-0.05, 0) is 60.4 Å². The van der Waals surface area contributed by atoms with E-state index in [1.54, 1.807) is 16.8 Å². The molecular weight excluding hydrogens is 542 g/mol. The fourth-order valence-electron chi connectivity index (χ4n) is 3.98. The predicted octanol–water partition coefficient (Wildman–Crippen LogP) is 7.02. The van der Waals surface area contributed by atoms with Gasteiger partial charge < -0.3 is 4.74 Å². The fourth-order valence-corrected chi connectivity index (χ4v) is 4.24. The molecule has 5 rings (SSSR count). The van der Waals surface area contributed by atoms with Gasteiger partial charge >= 0.3 is 5.97 Å². The first kappa shape index (κ1) is 25.3. The normalized spacial score (nSPS) is 10.8. The third-order valence-corrected chi connectivity index (χ3v) is 6.80. The summed E-state index contributed by atoms with van der Waals surface area (Å²) in [7, 11) is 0. The maximum atomic E-state index is 12.9.